The molecule has 1 N–H and O–H groups in total. The molecule has 0 saturated heterocycles. The first-order chi connectivity index (χ1) is 11.3. The van der Waals surface area contributed by atoms with E-state index >= 15 is 0 Å². The Balaban J connectivity index is 2.38. The summed E-state index contributed by atoms with van der Waals surface area (Å²) in [6, 6.07) is 0. The van der Waals surface area contributed by atoms with Crippen LogP contribution in [0.2, 0.25) is 20.1 Å². The van der Waals surface area contributed by atoms with Crippen LogP contribution in [0.5, 0.6) is 0 Å². The van der Waals surface area contributed by atoms with Gasteiger partial charge in [-0.05, 0) is 32.1 Å². The zero-order valence-electron chi connectivity index (χ0n) is 12.5. The van der Waals surface area contributed by atoms with Crippen LogP contribution in [-0.4, -0.2) is 23.1 Å². The van der Waals surface area contributed by atoms with Gasteiger partial charge in [0.05, 0.1) is 31.2 Å². The molecule has 0 bridgehead atoms. The van der Waals surface area contributed by atoms with Crippen molar-refractivity contribution in [3.8, 4) is 0 Å². The molecule has 24 heavy (non-hydrogen) atoms. The maximum Gasteiger partial charge on any atom is 0.340 e. The number of hydrogen-bond donors (Lipinski definition) is 1. The van der Waals surface area contributed by atoms with Crippen molar-refractivity contribution in [3.05, 3.63) is 43.4 Å². The second kappa shape index (κ2) is 8.43. The van der Waals surface area contributed by atoms with Gasteiger partial charge in [0, 0.05) is 0 Å². The summed E-state index contributed by atoms with van der Waals surface area (Å²) < 4.78 is 5.45. The molecule has 4 nitrogen and oxygen atoms in total. The van der Waals surface area contributed by atoms with E-state index in [4.69, 9.17) is 51.1 Å². The zero-order valence-corrected chi connectivity index (χ0v) is 15.5. The minimum atomic E-state index is -1.44. The monoisotopic (exact) mass is 410 g/mol. The van der Waals surface area contributed by atoms with E-state index in [9.17, 15) is 14.7 Å². The molecule has 1 aliphatic rings. The summed E-state index contributed by atoms with van der Waals surface area (Å²) in [6.07, 6.45) is 7.70. The average Bonchev–Trinajstić information content (AvgIpc) is 2.50. The summed E-state index contributed by atoms with van der Waals surface area (Å²) in [5, 5.41) is 8.35. The Hall–Kier alpha value is -0.940. The van der Waals surface area contributed by atoms with Crippen LogP contribution in [0.4, 0.5) is 0 Å². The molecule has 0 aromatic heterocycles. The minimum Gasteiger partial charge on any atom is -0.478 e. The van der Waals surface area contributed by atoms with Crippen LogP contribution >= 0.6 is 46.4 Å². The molecular formula is C16H14Cl4O4. The van der Waals surface area contributed by atoms with E-state index < -0.39 is 17.5 Å². The van der Waals surface area contributed by atoms with E-state index in [1.165, 1.54) is 0 Å². The third-order valence-corrected chi connectivity index (χ3v) is 5.48. The molecule has 130 valence electrons. The Morgan fingerprint density at radius 1 is 0.917 bits per heavy atom. The predicted molar refractivity (Wildman–Crippen MR) is 94.9 cm³/mol. The highest BCUT2D eigenvalue weighted by Crippen LogP contribution is 2.42. The minimum absolute atomic E-state index is 0.180. The lowest BCUT2D eigenvalue weighted by molar-refractivity contribution is 0.0253. The van der Waals surface area contributed by atoms with Crippen LogP contribution in [0.3, 0.4) is 0 Å². The zero-order chi connectivity index (χ0) is 17.9. The SMILES string of the molecule is O=C(O)c1c(Cl)c(Cl)c(Cl)c(Cl)c1C(=O)O[C@@H]1CCC=CCCC1. The fourth-order valence-electron chi connectivity index (χ4n) is 2.48. The number of carbonyl (C=O) groups excluding carboxylic acids is 1. The fraction of sp³-hybridized carbons (Fsp3) is 0.375. The molecule has 1 aromatic rings. The molecule has 8 heteroatoms. The van der Waals surface area contributed by atoms with Crippen molar-refractivity contribution >= 4 is 58.3 Å². The smallest absolute Gasteiger partial charge is 0.340 e. The van der Waals surface area contributed by atoms with Gasteiger partial charge in [0.1, 0.15) is 6.10 Å². The highest BCUT2D eigenvalue weighted by molar-refractivity contribution is 6.54. The third kappa shape index (κ3) is 4.17. The largest absolute Gasteiger partial charge is 0.478 e. The van der Waals surface area contributed by atoms with Crippen LogP contribution in [0.1, 0.15) is 52.8 Å². The number of carboxylic acid groups (broad SMARTS) is 1. The Kier molecular flexibility index (Phi) is 6.81. The van der Waals surface area contributed by atoms with Gasteiger partial charge in [0.2, 0.25) is 0 Å². The molecule has 0 amide bonds. The number of rotatable bonds is 3. The number of hydrogen-bond acceptors (Lipinski definition) is 3. The maximum absolute atomic E-state index is 12.5. The van der Waals surface area contributed by atoms with Gasteiger partial charge in [-0.15, -0.1) is 0 Å². The van der Waals surface area contributed by atoms with Gasteiger partial charge < -0.3 is 9.84 Å². The van der Waals surface area contributed by atoms with Gasteiger partial charge in [-0.1, -0.05) is 58.6 Å². The molecule has 0 radical (unpaired) electrons. The normalized spacial score (nSPS) is 17.9. The van der Waals surface area contributed by atoms with Crippen LogP contribution < -0.4 is 0 Å². The molecule has 0 aliphatic heterocycles. The van der Waals surface area contributed by atoms with Crippen molar-refractivity contribution in [2.45, 2.75) is 38.2 Å². The van der Waals surface area contributed by atoms with Crippen LogP contribution in [0.15, 0.2) is 12.2 Å². The Morgan fingerprint density at radius 3 is 2.12 bits per heavy atom. The van der Waals surface area contributed by atoms with Gasteiger partial charge in [-0.2, -0.15) is 0 Å². The quantitative estimate of drug-likeness (QED) is 0.285. The molecular weight excluding hydrogens is 398 g/mol. The highest BCUT2D eigenvalue weighted by Gasteiger charge is 2.31. The topological polar surface area (TPSA) is 63.6 Å². The van der Waals surface area contributed by atoms with Crippen LogP contribution in [0, 0.1) is 0 Å². The van der Waals surface area contributed by atoms with Crippen molar-refractivity contribution < 1.29 is 19.4 Å². The van der Waals surface area contributed by atoms with E-state index in [2.05, 4.69) is 6.08 Å². The van der Waals surface area contributed by atoms with E-state index in [-0.39, 0.29) is 31.8 Å². The summed E-state index contributed by atoms with van der Waals surface area (Å²) in [6.45, 7) is 0. The van der Waals surface area contributed by atoms with E-state index in [1.54, 1.807) is 0 Å². The number of benzene rings is 1. The molecule has 0 unspecified atom stereocenters. The van der Waals surface area contributed by atoms with E-state index in [0.29, 0.717) is 12.8 Å². The lowest BCUT2D eigenvalue weighted by Crippen LogP contribution is -2.21. The van der Waals surface area contributed by atoms with Gasteiger partial charge in [0.25, 0.3) is 0 Å². The first kappa shape index (κ1) is 19.4. The Morgan fingerprint density at radius 2 is 1.50 bits per heavy atom. The molecule has 1 aromatic carbocycles. The average molecular weight is 412 g/mol. The number of allylic oxidation sites excluding steroid dienone is 2. The van der Waals surface area contributed by atoms with Crippen molar-refractivity contribution in [2.75, 3.05) is 0 Å². The second-order valence-electron chi connectivity index (χ2n) is 5.32. The first-order valence-corrected chi connectivity index (χ1v) is 8.81. The van der Waals surface area contributed by atoms with Crippen molar-refractivity contribution in [1.82, 2.24) is 0 Å². The van der Waals surface area contributed by atoms with E-state index in [1.807, 2.05) is 6.08 Å². The Bertz CT molecular complexity index is 700. The first-order valence-electron chi connectivity index (χ1n) is 7.29. The predicted octanol–water partition coefficient (Wildman–Crippen LogP) is 6.04. The lowest BCUT2D eigenvalue weighted by atomic mass is 10.0. The molecule has 1 aliphatic carbocycles. The second-order valence-corrected chi connectivity index (χ2v) is 6.83. The lowest BCUT2D eigenvalue weighted by Gasteiger charge is -2.20. The molecule has 0 heterocycles. The van der Waals surface area contributed by atoms with Crippen molar-refractivity contribution in [2.24, 2.45) is 0 Å². The number of carboxylic acids is 1. The summed E-state index contributed by atoms with van der Waals surface area (Å²) in [4.78, 5) is 24.0. The number of esters is 1. The Labute approximate surface area is 159 Å². The molecule has 0 fully saturated rings. The summed E-state index contributed by atoms with van der Waals surface area (Å²) in [5.74, 6) is -2.31. The number of halogens is 4. The summed E-state index contributed by atoms with van der Waals surface area (Å²) in [5.41, 5.74) is -0.882. The van der Waals surface area contributed by atoms with Crippen LogP contribution in [0.25, 0.3) is 0 Å². The summed E-state index contributed by atoms with van der Waals surface area (Å²) >= 11 is 23.8. The summed E-state index contributed by atoms with van der Waals surface area (Å²) in [7, 11) is 0. The number of carbonyl (C=O) groups is 2. The molecule has 0 saturated carbocycles. The maximum atomic E-state index is 12.5. The molecule has 2 rings (SSSR count). The van der Waals surface area contributed by atoms with Crippen molar-refractivity contribution in [1.29, 1.82) is 0 Å². The van der Waals surface area contributed by atoms with Gasteiger partial charge >= 0.3 is 11.9 Å². The van der Waals surface area contributed by atoms with Gasteiger partial charge in [-0.25, -0.2) is 9.59 Å². The van der Waals surface area contributed by atoms with Gasteiger partial charge in [0.15, 0.2) is 0 Å². The third-order valence-electron chi connectivity index (χ3n) is 3.68. The fourth-order valence-corrected chi connectivity index (χ4v) is 3.49. The number of aromatic carboxylic acids is 1. The molecule has 1 atom stereocenters. The number of ether oxygens (including phenoxy) is 1. The van der Waals surface area contributed by atoms with E-state index in [0.717, 1.165) is 19.3 Å². The van der Waals surface area contributed by atoms with Crippen LogP contribution in [-0.2, 0) is 4.74 Å². The standard InChI is InChI=1S/C16H14Cl4O4/c17-11-9(15(21)22)10(12(18)14(20)13(11)19)16(23)24-8-6-4-2-1-3-5-7-8/h1-2,8H,3-7H2,(H,21,22)/t8-/m1/s1. The molecule has 0 spiro atoms. The van der Waals surface area contributed by atoms with Gasteiger partial charge in [-0.3, -0.25) is 0 Å². The van der Waals surface area contributed by atoms with Crippen molar-refractivity contribution in [3.63, 3.8) is 0 Å². The highest BCUT2D eigenvalue weighted by atomic mass is 35.5.